The Morgan fingerprint density at radius 3 is 2.70 bits per heavy atom. The van der Waals surface area contributed by atoms with Gasteiger partial charge in [0, 0.05) is 29.0 Å². The molecule has 0 aliphatic carbocycles. The van der Waals surface area contributed by atoms with Gasteiger partial charge in [0.05, 0.1) is 18.4 Å². The maximum absolute atomic E-state index is 14.1. The number of aromatic nitrogens is 1. The summed E-state index contributed by atoms with van der Waals surface area (Å²) in [6.45, 7) is 8.57. The molecular formula is C25H27FN2O3S2. The van der Waals surface area contributed by atoms with E-state index in [4.69, 9.17) is 9.84 Å². The Bertz CT molecular complexity index is 1130. The summed E-state index contributed by atoms with van der Waals surface area (Å²) in [6, 6.07) is 10.7. The molecule has 0 amide bonds. The van der Waals surface area contributed by atoms with Crippen LogP contribution < -0.4 is 9.46 Å². The Labute approximate surface area is 201 Å². The van der Waals surface area contributed by atoms with E-state index in [9.17, 15) is 9.18 Å². The molecule has 8 heteroatoms. The van der Waals surface area contributed by atoms with Gasteiger partial charge < -0.3 is 14.6 Å². The molecule has 2 aromatic carbocycles. The maximum Gasteiger partial charge on any atom is 0.338 e. The molecular weight excluding hydrogens is 459 g/mol. The molecule has 0 fully saturated rings. The third-order valence-corrected chi connectivity index (χ3v) is 6.97. The molecule has 1 atom stereocenters. The van der Waals surface area contributed by atoms with Gasteiger partial charge in [0.15, 0.2) is 0 Å². The fraction of sp³-hybridized carbons (Fsp3) is 0.280. The first-order valence-electron chi connectivity index (χ1n) is 10.6. The summed E-state index contributed by atoms with van der Waals surface area (Å²) in [6.07, 6.45) is 3.19. The number of hydrogen-bond acceptors (Lipinski definition) is 6. The van der Waals surface area contributed by atoms with E-state index in [1.165, 1.54) is 41.5 Å². The van der Waals surface area contributed by atoms with Gasteiger partial charge in [0.2, 0.25) is 0 Å². The number of ether oxygens (including phenoxy) is 1. The van der Waals surface area contributed by atoms with Crippen molar-refractivity contribution < 1.29 is 19.0 Å². The zero-order valence-corrected chi connectivity index (χ0v) is 20.5. The van der Waals surface area contributed by atoms with Crippen molar-refractivity contribution in [1.82, 2.24) is 4.98 Å². The predicted molar refractivity (Wildman–Crippen MR) is 134 cm³/mol. The number of carboxylic acid groups (broad SMARTS) is 1. The van der Waals surface area contributed by atoms with Crippen molar-refractivity contribution >= 4 is 34.9 Å². The highest BCUT2D eigenvalue weighted by Gasteiger charge is 2.16. The summed E-state index contributed by atoms with van der Waals surface area (Å²) in [5, 5.41) is 12.6. The molecule has 0 radical (unpaired) electrons. The van der Waals surface area contributed by atoms with Crippen LogP contribution in [0.25, 0.3) is 10.6 Å². The lowest BCUT2D eigenvalue weighted by Gasteiger charge is -2.14. The van der Waals surface area contributed by atoms with E-state index in [0.29, 0.717) is 16.6 Å². The molecule has 0 aliphatic heterocycles. The average Bonchev–Trinajstić information content (AvgIpc) is 3.26. The maximum atomic E-state index is 14.1. The lowest BCUT2D eigenvalue weighted by Crippen LogP contribution is -2.03. The van der Waals surface area contributed by atoms with Gasteiger partial charge in [-0.05, 0) is 30.4 Å². The number of halogens is 1. The fourth-order valence-electron chi connectivity index (χ4n) is 3.47. The van der Waals surface area contributed by atoms with Gasteiger partial charge in [-0.3, -0.25) is 0 Å². The summed E-state index contributed by atoms with van der Waals surface area (Å²) in [5.41, 5.74) is 3.50. The Morgan fingerprint density at radius 2 is 2.06 bits per heavy atom. The number of methoxy groups -OCH3 is 1. The Hall–Kier alpha value is -2.84. The standard InChI is InChI=1S/C25H27FN2O3S2/c1-5-6-15(2)11-16(3)17-7-9-18(10-8-17)24-27-23(14-32-24)33-28-21-13-20(26)19(25(29)30)12-22(21)31-4/h7-10,12-14,16,28H,2,5-6,11H2,1,3-4H3,(H,29,30). The van der Waals surface area contributed by atoms with Crippen LogP contribution >= 0.6 is 23.3 Å². The minimum Gasteiger partial charge on any atom is -0.495 e. The summed E-state index contributed by atoms with van der Waals surface area (Å²) >= 11 is 2.73. The van der Waals surface area contributed by atoms with Crippen LogP contribution in [0.4, 0.5) is 10.1 Å². The van der Waals surface area contributed by atoms with Crippen LogP contribution in [0, 0.1) is 5.82 Å². The number of nitrogens with zero attached hydrogens (tertiary/aromatic N) is 1. The molecule has 3 rings (SSSR count). The molecule has 1 heterocycles. The number of carboxylic acids is 1. The fourth-order valence-corrected chi connectivity index (χ4v) is 5.07. The van der Waals surface area contributed by atoms with Gasteiger partial charge in [-0.2, -0.15) is 0 Å². The molecule has 2 N–H and O–H groups in total. The third-order valence-electron chi connectivity index (χ3n) is 5.19. The zero-order valence-electron chi connectivity index (χ0n) is 18.9. The molecule has 3 aromatic rings. The van der Waals surface area contributed by atoms with Crippen LogP contribution in [-0.2, 0) is 0 Å². The van der Waals surface area contributed by atoms with E-state index in [2.05, 4.69) is 54.4 Å². The number of anilines is 1. The van der Waals surface area contributed by atoms with Gasteiger partial charge in [-0.1, -0.05) is 56.7 Å². The highest BCUT2D eigenvalue weighted by atomic mass is 32.2. The number of hydrogen-bond donors (Lipinski definition) is 2. The molecule has 5 nitrogen and oxygen atoms in total. The lowest BCUT2D eigenvalue weighted by atomic mass is 9.92. The molecule has 33 heavy (non-hydrogen) atoms. The number of nitrogens with one attached hydrogen (secondary N) is 1. The summed E-state index contributed by atoms with van der Waals surface area (Å²) in [7, 11) is 1.40. The molecule has 0 bridgehead atoms. The van der Waals surface area contributed by atoms with Gasteiger partial charge in [0.1, 0.15) is 21.6 Å². The molecule has 0 spiro atoms. The summed E-state index contributed by atoms with van der Waals surface area (Å²) < 4.78 is 22.3. The first kappa shape index (κ1) is 24.8. The molecule has 0 aliphatic rings. The Kier molecular flexibility index (Phi) is 8.52. The number of allylic oxidation sites excluding steroid dienone is 1. The van der Waals surface area contributed by atoms with Crippen molar-refractivity contribution in [3.05, 3.63) is 70.9 Å². The number of rotatable bonds is 11. The second-order valence-electron chi connectivity index (χ2n) is 7.76. The van der Waals surface area contributed by atoms with E-state index in [1.807, 2.05) is 5.38 Å². The van der Waals surface area contributed by atoms with E-state index in [0.717, 1.165) is 42.0 Å². The van der Waals surface area contributed by atoms with Crippen molar-refractivity contribution in [2.75, 3.05) is 11.8 Å². The number of thiazole rings is 1. The van der Waals surface area contributed by atoms with Crippen LogP contribution in [0.3, 0.4) is 0 Å². The summed E-state index contributed by atoms with van der Waals surface area (Å²) in [5.74, 6) is -1.52. The first-order chi connectivity index (χ1) is 15.8. The summed E-state index contributed by atoms with van der Waals surface area (Å²) in [4.78, 5) is 15.8. The number of aromatic carboxylic acids is 1. The van der Waals surface area contributed by atoms with Crippen molar-refractivity contribution in [2.24, 2.45) is 0 Å². The zero-order chi connectivity index (χ0) is 24.0. The average molecular weight is 487 g/mol. The number of carbonyl (C=O) groups is 1. The molecule has 0 saturated carbocycles. The Balaban J connectivity index is 1.66. The quantitative estimate of drug-likeness (QED) is 0.214. The molecule has 0 saturated heterocycles. The lowest BCUT2D eigenvalue weighted by molar-refractivity contribution is 0.0691. The minimum absolute atomic E-state index is 0.239. The van der Waals surface area contributed by atoms with Crippen LogP contribution in [0.15, 0.2) is 59.0 Å². The van der Waals surface area contributed by atoms with Gasteiger partial charge in [-0.15, -0.1) is 11.3 Å². The second-order valence-corrected chi connectivity index (χ2v) is 9.44. The second kappa shape index (κ2) is 11.3. The van der Waals surface area contributed by atoms with Crippen LogP contribution in [0.5, 0.6) is 5.75 Å². The van der Waals surface area contributed by atoms with Crippen molar-refractivity contribution in [1.29, 1.82) is 0 Å². The highest BCUT2D eigenvalue weighted by Crippen LogP contribution is 2.34. The van der Waals surface area contributed by atoms with Crippen molar-refractivity contribution in [3.63, 3.8) is 0 Å². The minimum atomic E-state index is -1.35. The van der Waals surface area contributed by atoms with E-state index >= 15 is 0 Å². The monoisotopic (exact) mass is 486 g/mol. The topological polar surface area (TPSA) is 71.5 Å². The molecule has 1 unspecified atom stereocenters. The molecule has 174 valence electrons. The predicted octanol–water partition coefficient (Wildman–Crippen LogP) is 7.63. The largest absolute Gasteiger partial charge is 0.495 e. The number of benzene rings is 2. The normalized spacial score (nSPS) is 11.8. The van der Waals surface area contributed by atoms with E-state index in [1.54, 1.807) is 0 Å². The first-order valence-corrected chi connectivity index (χ1v) is 12.3. The van der Waals surface area contributed by atoms with Crippen molar-refractivity contribution in [2.45, 2.75) is 44.1 Å². The van der Waals surface area contributed by atoms with Crippen LogP contribution in [0.2, 0.25) is 0 Å². The smallest absolute Gasteiger partial charge is 0.338 e. The SMILES string of the molecule is C=C(CCC)CC(C)c1ccc(-c2nc(SNc3cc(F)c(C(=O)O)cc3OC)cs2)cc1. The third kappa shape index (κ3) is 6.36. The Morgan fingerprint density at radius 1 is 1.33 bits per heavy atom. The highest BCUT2D eigenvalue weighted by molar-refractivity contribution is 8.00. The van der Waals surface area contributed by atoms with Crippen LogP contribution in [-0.4, -0.2) is 23.2 Å². The van der Waals surface area contributed by atoms with Gasteiger partial charge in [-0.25, -0.2) is 14.2 Å². The van der Waals surface area contributed by atoms with Crippen molar-refractivity contribution in [3.8, 4) is 16.3 Å². The van der Waals surface area contributed by atoms with Gasteiger partial charge in [0.25, 0.3) is 0 Å². The van der Waals surface area contributed by atoms with Gasteiger partial charge >= 0.3 is 5.97 Å². The van der Waals surface area contributed by atoms with Crippen LogP contribution in [0.1, 0.15) is 54.9 Å². The van der Waals surface area contributed by atoms with E-state index < -0.39 is 17.3 Å². The van der Waals surface area contributed by atoms with E-state index in [-0.39, 0.29) is 5.75 Å². The molecule has 1 aromatic heterocycles.